The van der Waals surface area contributed by atoms with Crippen molar-refractivity contribution in [2.45, 2.75) is 26.4 Å². The highest BCUT2D eigenvalue weighted by atomic mass is 35.5. The van der Waals surface area contributed by atoms with E-state index in [4.69, 9.17) is 22.2 Å². The van der Waals surface area contributed by atoms with E-state index >= 15 is 0 Å². The summed E-state index contributed by atoms with van der Waals surface area (Å²) < 4.78 is 5.38. The maximum absolute atomic E-state index is 12.1. The first kappa shape index (κ1) is 18.4. The molecule has 1 saturated heterocycles. The Hall–Kier alpha value is -1.99. The predicted octanol–water partition coefficient (Wildman–Crippen LogP) is 2.00. The van der Waals surface area contributed by atoms with Gasteiger partial charge >= 0.3 is 6.09 Å². The Kier molecular flexibility index (Phi) is 5.56. The van der Waals surface area contributed by atoms with E-state index in [0.717, 1.165) is 5.69 Å². The number of piperazine rings is 1. The van der Waals surface area contributed by atoms with Crippen LogP contribution in [0.25, 0.3) is 0 Å². The van der Waals surface area contributed by atoms with Gasteiger partial charge in [-0.2, -0.15) is 0 Å². The Morgan fingerprint density at radius 3 is 2.38 bits per heavy atom. The molecule has 2 amide bonds. The average Bonchev–Trinajstić information content (AvgIpc) is 2.53. The monoisotopic (exact) mass is 354 g/mol. The summed E-state index contributed by atoms with van der Waals surface area (Å²) in [6.07, 6.45) is -0.315. The number of halogens is 1. The minimum Gasteiger partial charge on any atom is -0.444 e. The van der Waals surface area contributed by atoms with Crippen molar-refractivity contribution in [1.29, 1.82) is 0 Å². The lowest BCUT2D eigenvalue weighted by Gasteiger charge is -2.37. The molecule has 1 aromatic carbocycles. The van der Waals surface area contributed by atoms with Crippen LogP contribution >= 0.6 is 11.6 Å². The number of rotatable bonds is 2. The summed E-state index contributed by atoms with van der Waals surface area (Å²) in [6, 6.07) is 4.99. The Bertz CT molecular complexity index is 622. The number of anilines is 1. The molecule has 0 spiro atoms. The molecule has 132 valence electrons. The molecule has 2 rings (SSSR count). The number of amides is 2. The molecule has 0 aromatic heterocycles. The second kappa shape index (κ2) is 7.27. The van der Waals surface area contributed by atoms with Crippen molar-refractivity contribution < 1.29 is 14.3 Å². The zero-order valence-electron chi connectivity index (χ0n) is 14.1. The first-order valence-corrected chi connectivity index (χ1v) is 8.12. The van der Waals surface area contributed by atoms with E-state index in [2.05, 4.69) is 5.43 Å². The van der Waals surface area contributed by atoms with Crippen LogP contribution in [0, 0.1) is 0 Å². The minimum absolute atomic E-state index is 0.315. The summed E-state index contributed by atoms with van der Waals surface area (Å²) in [5.74, 6) is 4.79. The number of benzene rings is 1. The molecule has 3 N–H and O–H groups in total. The van der Waals surface area contributed by atoms with Gasteiger partial charge in [0.15, 0.2) is 0 Å². The Balaban J connectivity index is 2.04. The molecule has 8 heteroatoms. The van der Waals surface area contributed by atoms with Crippen LogP contribution in [0.2, 0.25) is 5.02 Å². The molecule has 1 fully saturated rings. The molecule has 0 saturated carbocycles. The van der Waals surface area contributed by atoms with Crippen LogP contribution in [0.1, 0.15) is 31.1 Å². The van der Waals surface area contributed by atoms with Crippen LogP contribution < -0.4 is 16.2 Å². The van der Waals surface area contributed by atoms with Crippen molar-refractivity contribution in [1.82, 2.24) is 10.3 Å². The van der Waals surface area contributed by atoms with Crippen molar-refractivity contribution in [3.63, 3.8) is 0 Å². The number of ether oxygens (including phenoxy) is 1. The van der Waals surface area contributed by atoms with Crippen molar-refractivity contribution in [2.75, 3.05) is 31.1 Å². The van der Waals surface area contributed by atoms with Gasteiger partial charge in [-0.15, -0.1) is 0 Å². The van der Waals surface area contributed by atoms with E-state index in [-0.39, 0.29) is 12.0 Å². The quantitative estimate of drug-likeness (QED) is 0.482. The predicted molar refractivity (Wildman–Crippen MR) is 93.1 cm³/mol. The van der Waals surface area contributed by atoms with E-state index in [1.54, 1.807) is 23.1 Å². The third-order valence-electron chi connectivity index (χ3n) is 3.61. The molecule has 1 aliphatic rings. The number of nitrogens with zero attached hydrogens (tertiary/aromatic N) is 2. The first-order chi connectivity index (χ1) is 11.2. The number of nitrogen functional groups attached to an aromatic ring is 1. The van der Waals surface area contributed by atoms with Crippen LogP contribution in [0.5, 0.6) is 0 Å². The zero-order chi connectivity index (χ0) is 17.9. The number of carbonyl (C=O) groups excluding carboxylic acids is 2. The Morgan fingerprint density at radius 1 is 1.21 bits per heavy atom. The fourth-order valence-corrected chi connectivity index (χ4v) is 2.67. The molecule has 1 aromatic rings. The smallest absolute Gasteiger partial charge is 0.410 e. The van der Waals surface area contributed by atoms with Crippen LogP contribution in [0.3, 0.4) is 0 Å². The topological polar surface area (TPSA) is 87.9 Å². The summed E-state index contributed by atoms with van der Waals surface area (Å²) in [7, 11) is 0. The summed E-state index contributed by atoms with van der Waals surface area (Å²) in [4.78, 5) is 27.5. The average molecular weight is 355 g/mol. The van der Waals surface area contributed by atoms with Crippen LogP contribution in [-0.4, -0.2) is 48.7 Å². The SMILES string of the molecule is CC(C)(C)OC(=O)N1CCN(c2cc(C(=O)NN)ccc2Cl)CC1. The molecule has 7 nitrogen and oxygen atoms in total. The molecule has 1 heterocycles. The summed E-state index contributed by atoms with van der Waals surface area (Å²) in [6.45, 7) is 7.79. The second-order valence-electron chi connectivity index (χ2n) is 6.59. The van der Waals surface area contributed by atoms with Gasteiger partial charge in [-0.25, -0.2) is 10.6 Å². The van der Waals surface area contributed by atoms with Gasteiger partial charge in [-0.1, -0.05) is 11.6 Å². The largest absolute Gasteiger partial charge is 0.444 e. The fraction of sp³-hybridized carbons (Fsp3) is 0.500. The molecular formula is C16H23ClN4O3. The van der Waals surface area contributed by atoms with Crippen molar-refractivity contribution in [3.05, 3.63) is 28.8 Å². The highest BCUT2D eigenvalue weighted by Gasteiger charge is 2.26. The third-order valence-corrected chi connectivity index (χ3v) is 3.93. The van der Waals surface area contributed by atoms with E-state index in [0.29, 0.717) is 36.8 Å². The number of hydrogen-bond donors (Lipinski definition) is 2. The number of hydrogen-bond acceptors (Lipinski definition) is 5. The van der Waals surface area contributed by atoms with E-state index in [1.807, 2.05) is 25.7 Å². The van der Waals surface area contributed by atoms with E-state index in [9.17, 15) is 9.59 Å². The lowest BCUT2D eigenvalue weighted by atomic mass is 10.1. The molecule has 0 radical (unpaired) electrons. The van der Waals surface area contributed by atoms with Crippen molar-refractivity contribution in [2.24, 2.45) is 5.84 Å². The molecular weight excluding hydrogens is 332 g/mol. The maximum atomic E-state index is 12.1. The van der Waals surface area contributed by atoms with Crippen molar-refractivity contribution >= 4 is 29.3 Å². The number of carbonyl (C=O) groups is 2. The molecule has 0 bridgehead atoms. The van der Waals surface area contributed by atoms with Gasteiger partial charge in [0.1, 0.15) is 5.60 Å². The van der Waals surface area contributed by atoms with Crippen LogP contribution in [0.4, 0.5) is 10.5 Å². The standard InChI is InChI=1S/C16H23ClN4O3/c1-16(2,3)24-15(23)21-8-6-20(7-9-21)13-10-11(14(22)19-18)4-5-12(13)17/h4-5,10H,6-9,18H2,1-3H3,(H,19,22). The van der Waals surface area contributed by atoms with Crippen LogP contribution in [-0.2, 0) is 4.74 Å². The van der Waals surface area contributed by atoms with Gasteiger partial charge in [0, 0.05) is 31.7 Å². The van der Waals surface area contributed by atoms with E-state index < -0.39 is 5.60 Å². The minimum atomic E-state index is -0.512. The van der Waals surface area contributed by atoms with Gasteiger partial charge < -0.3 is 14.5 Å². The molecule has 0 unspecified atom stereocenters. The molecule has 24 heavy (non-hydrogen) atoms. The zero-order valence-corrected chi connectivity index (χ0v) is 14.9. The third kappa shape index (κ3) is 4.52. The number of hydrazine groups is 1. The summed E-state index contributed by atoms with van der Waals surface area (Å²) in [5.41, 5.74) is 2.78. The highest BCUT2D eigenvalue weighted by molar-refractivity contribution is 6.33. The van der Waals surface area contributed by atoms with Crippen molar-refractivity contribution in [3.8, 4) is 0 Å². The van der Waals surface area contributed by atoms with E-state index in [1.165, 1.54) is 0 Å². The number of nitrogens with one attached hydrogen (secondary N) is 1. The highest BCUT2D eigenvalue weighted by Crippen LogP contribution is 2.28. The Morgan fingerprint density at radius 2 is 1.83 bits per heavy atom. The lowest BCUT2D eigenvalue weighted by molar-refractivity contribution is 0.0240. The van der Waals surface area contributed by atoms with Crippen LogP contribution in [0.15, 0.2) is 18.2 Å². The lowest BCUT2D eigenvalue weighted by Crippen LogP contribution is -2.50. The first-order valence-electron chi connectivity index (χ1n) is 7.74. The molecule has 0 aliphatic carbocycles. The molecule has 1 aliphatic heterocycles. The summed E-state index contributed by atoms with van der Waals surface area (Å²) >= 11 is 6.25. The fourth-order valence-electron chi connectivity index (χ4n) is 2.44. The normalized spacial score (nSPS) is 15.2. The number of nitrogens with two attached hydrogens (primary N) is 1. The van der Waals surface area contributed by atoms with Gasteiger partial charge in [0.25, 0.3) is 5.91 Å². The van der Waals surface area contributed by atoms with Gasteiger partial charge in [0.05, 0.1) is 10.7 Å². The van der Waals surface area contributed by atoms with Gasteiger partial charge in [0.2, 0.25) is 0 Å². The molecule has 0 atom stereocenters. The van der Waals surface area contributed by atoms with Gasteiger partial charge in [-0.3, -0.25) is 10.2 Å². The van der Waals surface area contributed by atoms with Gasteiger partial charge in [-0.05, 0) is 39.0 Å². The Labute approximate surface area is 146 Å². The second-order valence-corrected chi connectivity index (χ2v) is 7.00. The maximum Gasteiger partial charge on any atom is 0.410 e. The summed E-state index contributed by atoms with van der Waals surface area (Å²) in [5, 5.41) is 0.550.